The van der Waals surface area contributed by atoms with E-state index in [1.807, 2.05) is 0 Å². The van der Waals surface area contributed by atoms with Crippen molar-refractivity contribution in [2.75, 3.05) is 12.3 Å². The van der Waals surface area contributed by atoms with Gasteiger partial charge in [0.15, 0.2) is 5.25 Å². The molecule has 0 aliphatic carbocycles. The normalized spacial score (nSPS) is 20.0. The summed E-state index contributed by atoms with van der Waals surface area (Å²) >= 11 is 0. The third kappa shape index (κ3) is 2.82. The number of benzene rings is 1. The lowest BCUT2D eigenvalue weighted by molar-refractivity contribution is -0.128. The van der Waals surface area contributed by atoms with E-state index in [1.54, 1.807) is 24.3 Å². The lowest BCUT2D eigenvalue weighted by atomic mass is 10.2. The van der Waals surface area contributed by atoms with Crippen LogP contribution < -0.4 is 5.73 Å². The second kappa shape index (κ2) is 5.21. The van der Waals surface area contributed by atoms with Gasteiger partial charge in [-0.2, -0.15) is 13.2 Å². The van der Waals surface area contributed by atoms with Crippen LogP contribution in [0.4, 0.5) is 18.9 Å². The second-order valence-electron chi connectivity index (χ2n) is 4.73. The van der Waals surface area contributed by atoms with Gasteiger partial charge in [0.1, 0.15) is 0 Å². The van der Waals surface area contributed by atoms with Crippen LogP contribution in [0.25, 0.3) is 0 Å². The van der Waals surface area contributed by atoms with Crippen LogP contribution in [0.1, 0.15) is 12.0 Å². The van der Waals surface area contributed by atoms with Crippen LogP contribution in [0.3, 0.4) is 0 Å². The van der Waals surface area contributed by atoms with E-state index < -0.39 is 26.5 Å². The first-order valence-corrected chi connectivity index (χ1v) is 7.61. The van der Waals surface area contributed by atoms with Crippen LogP contribution in [-0.4, -0.2) is 36.5 Å². The van der Waals surface area contributed by atoms with Gasteiger partial charge in [-0.15, -0.1) is 0 Å². The van der Waals surface area contributed by atoms with E-state index in [2.05, 4.69) is 0 Å². The minimum atomic E-state index is -5.48. The number of rotatable bonds is 3. The molecule has 21 heavy (non-hydrogen) atoms. The topological polar surface area (TPSA) is 80.5 Å². The maximum absolute atomic E-state index is 12.5. The molecule has 0 aromatic heterocycles. The van der Waals surface area contributed by atoms with E-state index in [1.165, 1.54) is 0 Å². The van der Waals surface area contributed by atoms with Crippen molar-refractivity contribution < 1.29 is 26.4 Å². The van der Waals surface area contributed by atoms with Crippen LogP contribution in [0.2, 0.25) is 0 Å². The average Bonchev–Trinajstić information content (AvgIpc) is 2.73. The van der Waals surface area contributed by atoms with Crippen molar-refractivity contribution in [3.8, 4) is 0 Å². The number of carbonyl (C=O) groups excluding carboxylic acids is 1. The summed E-state index contributed by atoms with van der Waals surface area (Å²) in [6.45, 7) is -0.0530. The Morgan fingerprint density at radius 2 is 1.90 bits per heavy atom. The summed E-state index contributed by atoms with van der Waals surface area (Å²) in [5, 5.41) is -2.05. The van der Waals surface area contributed by atoms with Crippen LogP contribution in [0, 0.1) is 0 Å². The van der Waals surface area contributed by atoms with E-state index in [0.717, 1.165) is 4.90 Å². The summed E-state index contributed by atoms with van der Waals surface area (Å²) in [7, 11) is -5.48. The highest BCUT2D eigenvalue weighted by molar-refractivity contribution is 7.93. The van der Waals surface area contributed by atoms with Crippen molar-refractivity contribution in [2.45, 2.75) is 23.7 Å². The molecule has 1 unspecified atom stereocenters. The van der Waals surface area contributed by atoms with E-state index in [4.69, 9.17) is 5.73 Å². The smallest absolute Gasteiger partial charge is 0.398 e. The number of nitrogens with zero attached hydrogens (tertiary/aromatic N) is 1. The Kier molecular flexibility index (Phi) is 3.87. The van der Waals surface area contributed by atoms with E-state index in [-0.39, 0.29) is 19.5 Å². The zero-order chi connectivity index (χ0) is 15.8. The van der Waals surface area contributed by atoms with Gasteiger partial charge >= 0.3 is 5.51 Å². The first kappa shape index (κ1) is 15.6. The van der Waals surface area contributed by atoms with Gasteiger partial charge in [-0.1, -0.05) is 18.2 Å². The summed E-state index contributed by atoms with van der Waals surface area (Å²) < 4.78 is 60.2. The number of anilines is 1. The van der Waals surface area contributed by atoms with Gasteiger partial charge < -0.3 is 10.6 Å². The van der Waals surface area contributed by atoms with E-state index in [9.17, 15) is 26.4 Å². The van der Waals surface area contributed by atoms with Gasteiger partial charge in [0, 0.05) is 18.8 Å². The molecule has 2 N–H and O–H groups in total. The summed E-state index contributed by atoms with van der Waals surface area (Å²) in [6.07, 6.45) is -0.368. The lowest BCUT2D eigenvalue weighted by Gasteiger charge is -2.18. The number of sulfone groups is 1. The van der Waals surface area contributed by atoms with Gasteiger partial charge in [-0.25, -0.2) is 8.42 Å². The van der Waals surface area contributed by atoms with Gasteiger partial charge in [-0.05, 0) is 18.1 Å². The van der Waals surface area contributed by atoms with Crippen LogP contribution in [-0.2, 0) is 21.2 Å². The number of hydrogen-bond acceptors (Lipinski definition) is 4. The molecule has 1 aliphatic rings. The van der Waals surface area contributed by atoms with Gasteiger partial charge in [0.25, 0.3) is 9.84 Å². The lowest BCUT2D eigenvalue weighted by Crippen LogP contribution is -2.40. The molecule has 0 saturated carbocycles. The van der Waals surface area contributed by atoms with Crippen LogP contribution >= 0.6 is 0 Å². The molecule has 1 amide bonds. The summed E-state index contributed by atoms with van der Waals surface area (Å²) in [6, 6.07) is 6.59. The van der Waals surface area contributed by atoms with Crippen molar-refractivity contribution in [1.29, 1.82) is 0 Å². The van der Waals surface area contributed by atoms with Crippen LogP contribution in [0.15, 0.2) is 24.3 Å². The second-order valence-corrected chi connectivity index (χ2v) is 6.85. The molecule has 116 valence electrons. The van der Waals surface area contributed by atoms with E-state index >= 15 is 0 Å². The third-order valence-corrected chi connectivity index (χ3v) is 5.19. The Labute approximate surface area is 119 Å². The highest BCUT2D eigenvalue weighted by Crippen LogP contribution is 2.32. The van der Waals surface area contributed by atoms with Crippen molar-refractivity contribution in [2.24, 2.45) is 0 Å². The fourth-order valence-electron chi connectivity index (χ4n) is 2.20. The molecule has 1 aliphatic heterocycles. The Morgan fingerprint density at radius 1 is 1.29 bits per heavy atom. The zero-order valence-electron chi connectivity index (χ0n) is 10.8. The molecule has 1 heterocycles. The quantitative estimate of drug-likeness (QED) is 0.851. The molecular formula is C12H13F3N2O3S. The monoisotopic (exact) mass is 322 g/mol. The van der Waals surface area contributed by atoms with Gasteiger partial charge in [-0.3, -0.25) is 4.79 Å². The predicted molar refractivity (Wildman–Crippen MR) is 69.7 cm³/mol. The maximum atomic E-state index is 12.5. The average molecular weight is 322 g/mol. The minimum absolute atomic E-state index is 0.00458. The van der Waals surface area contributed by atoms with Gasteiger partial charge in [0.2, 0.25) is 5.91 Å². The summed E-state index contributed by atoms with van der Waals surface area (Å²) in [5.74, 6) is -1.03. The number of nitrogens with two attached hydrogens (primary N) is 1. The first-order valence-electron chi connectivity index (χ1n) is 6.07. The zero-order valence-corrected chi connectivity index (χ0v) is 11.6. The summed E-state index contributed by atoms with van der Waals surface area (Å²) in [5.41, 5.74) is 1.24. The molecule has 1 aromatic rings. The standard InChI is InChI=1S/C12H13F3N2O3S/c13-12(14,15)21(19,20)10-5-6-17(11(10)18)7-8-3-1-2-4-9(8)16/h1-4,10H,5-7,16H2. The Morgan fingerprint density at radius 3 is 2.48 bits per heavy atom. The molecule has 1 saturated heterocycles. The molecule has 1 atom stereocenters. The number of carbonyl (C=O) groups is 1. The van der Waals surface area contributed by atoms with Crippen molar-refractivity contribution in [3.05, 3.63) is 29.8 Å². The SMILES string of the molecule is Nc1ccccc1CN1CCC(S(=O)(=O)C(F)(F)F)C1=O. The predicted octanol–water partition coefficient (Wildman–Crippen LogP) is 1.30. The first-order chi connectivity index (χ1) is 9.64. The van der Waals surface area contributed by atoms with Crippen molar-refractivity contribution in [1.82, 2.24) is 4.90 Å². The van der Waals surface area contributed by atoms with E-state index in [0.29, 0.717) is 11.3 Å². The molecule has 0 spiro atoms. The number of amides is 1. The third-order valence-electron chi connectivity index (χ3n) is 3.36. The van der Waals surface area contributed by atoms with Crippen molar-refractivity contribution in [3.63, 3.8) is 0 Å². The molecule has 0 bridgehead atoms. The molecule has 0 radical (unpaired) electrons. The molecule has 2 rings (SSSR count). The highest BCUT2D eigenvalue weighted by Gasteiger charge is 2.55. The largest absolute Gasteiger partial charge is 0.498 e. The summed E-state index contributed by atoms with van der Waals surface area (Å²) in [4.78, 5) is 13.0. The van der Waals surface area contributed by atoms with Crippen molar-refractivity contribution >= 4 is 21.4 Å². The number of nitrogen functional groups attached to an aromatic ring is 1. The molecule has 9 heteroatoms. The number of halogens is 3. The number of hydrogen-bond donors (Lipinski definition) is 1. The minimum Gasteiger partial charge on any atom is -0.398 e. The van der Waals surface area contributed by atoms with Gasteiger partial charge in [0.05, 0.1) is 0 Å². The Hall–Kier alpha value is -1.77. The highest BCUT2D eigenvalue weighted by atomic mass is 32.2. The Bertz CT molecular complexity index is 658. The molecule has 1 fully saturated rings. The fourth-order valence-corrected chi connectivity index (χ4v) is 3.35. The Balaban J connectivity index is 2.18. The maximum Gasteiger partial charge on any atom is 0.498 e. The number of likely N-dealkylation sites (tertiary alicyclic amines) is 1. The molecule has 1 aromatic carbocycles. The molecule has 5 nitrogen and oxygen atoms in total. The fraction of sp³-hybridized carbons (Fsp3) is 0.417. The van der Waals surface area contributed by atoms with Crippen LogP contribution in [0.5, 0.6) is 0 Å². The number of alkyl halides is 3. The number of para-hydroxylation sites is 1. The molecular weight excluding hydrogens is 309 g/mol.